The lowest BCUT2D eigenvalue weighted by molar-refractivity contribution is 0.606. The Labute approximate surface area is 125 Å². The summed E-state index contributed by atoms with van der Waals surface area (Å²) >= 11 is 1.45. The molecule has 0 aliphatic rings. The molecule has 1 aromatic heterocycles. The van der Waals surface area contributed by atoms with Crippen LogP contribution in [0.4, 0.5) is 8.78 Å². The Hall–Kier alpha value is -1.82. The number of rotatable bonds is 3. The number of fused-ring (bicyclic) bond motifs is 1. The van der Waals surface area contributed by atoms with Gasteiger partial charge in [0.05, 0.1) is 6.04 Å². The molecule has 3 rings (SSSR count). The molecule has 108 valence electrons. The van der Waals surface area contributed by atoms with E-state index in [2.05, 4.69) is 5.43 Å². The van der Waals surface area contributed by atoms with Crippen LogP contribution < -0.4 is 11.3 Å². The number of hydrazine groups is 1. The zero-order valence-corrected chi connectivity index (χ0v) is 12.2. The molecule has 1 unspecified atom stereocenters. The highest BCUT2D eigenvalue weighted by Crippen LogP contribution is 2.34. The Morgan fingerprint density at radius 2 is 1.76 bits per heavy atom. The largest absolute Gasteiger partial charge is 0.271 e. The lowest BCUT2D eigenvalue weighted by Crippen LogP contribution is -2.28. The molecule has 0 radical (unpaired) electrons. The minimum Gasteiger partial charge on any atom is -0.271 e. The summed E-state index contributed by atoms with van der Waals surface area (Å²) in [5.74, 6) is 5.10. The van der Waals surface area contributed by atoms with Crippen LogP contribution in [0.25, 0.3) is 10.1 Å². The molecule has 3 N–H and O–H groups in total. The van der Waals surface area contributed by atoms with Crippen molar-refractivity contribution < 1.29 is 8.78 Å². The van der Waals surface area contributed by atoms with Crippen molar-refractivity contribution in [2.45, 2.75) is 13.0 Å². The second kappa shape index (κ2) is 5.52. The van der Waals surface area contributed by atoms with E-state index in [9.17, 15) is 8.78 Å². The molecule has 0 amide bonds. The quantitative estimate of drug-likeness (QED) is 0.566. The fourth-order valence-corrected chi connectivity index (χ4v) is 3.58. The van der Waals surface area contributed by atoms with Crippen LogP contribution in [0.3, 0.4) is 0 Å². The van der Waals surface area contributed by atoms with E-state index in [1.54, 1.807) is 12.1 Å². The van der Waals surface area contributed by atoms with Crippen molar-refractivity contribution in [3.05, 3.63) is 70.1 Å². The van der Waals surface area contributed by atoms with Crippen molar-refractivity contribution in [3.63, 3.8) is 0 Å². The Kier molecular flexibility index (Phi) is 3.71. The molecule has 3 aromatic rings. The first-order chi connectivity index (χ1) is 10.1. The van der Waals surface area contributed by atoms with Gasteiger partial charge in [-0.1, -0.05) is 12.1 Å². The van der Waals surface area contributed by atoms with Gasteiger partial charge in [-0.05, 0) is 53.8 Å². The van der Waals surface area contributed by atoms with Gasteiger partial charge in [-0.25, -0.2) is 14.2 Å². The maximum Gasteiger partial charge on any atom is 0.124 e. The second-order valence-electron chi connectivity index (χ2n) is 4.93. The van der Waals surface area contributed by atoms with Gasteiger partial charge >= 0.3 is 0 Å². The first-order valence-electron chi connectivity index (χ1n) is 6.49. The number of hydrogen-bond acceptors (Lipinski definition) is 3. The van der Waals surface area contributed by atoms with Crippen LogP contribution in [0.2, 0.25) is 0 Å². The molecule has 0 saturated carbocycles. The van der Waals surface area contributed by atoms with Gasteiger partial charge < -0.3 is 0 Å². The molecule has 1 atom stereocenters. The van der Waals surface area contributed by atoms with E-state index in [0.717, 1.165) is 26.1 Å². The first kappa shape index (κ1) is 14.1. The highest BCUT2D eigenvalue weighted by molar-refractivity contribution is 7.19. The van der Waals surface area contributed by atoms with E-state index < -0.39 is 0 Å². The Balaban J connectivity index is 2.11. The third-order valence-electron chi connectivity index (χ3n) is 3.50. The van der Waals surface area contributed by atoms with Gasteiger partial charge in [0.15, 0.2) is 0 Å². The number of aryl methyl sites for hydroxylation is 1. The number of nitrogens with two attached hydrogens (primary N) is 1. The average molecular weight is 304 g/mol. The smallest absolute Gasteiger partial charge is 0.124 e. The van der Waals surface area contributed by atoms with E-state index >= 15 is 0 Å². The summed E-state index contributed by atoms with van der Waals surface area (Å²) in [6.07, 6.45) is 0. The third-order valence-corrected chi connectivity index (χ3v) is 4.67. The standard InChI is InChI=1S/C16H14F2N2S/c1-9-2-4-11(17)7-13(9)16(20-19)15-6-10-3-5-12(18)8-14(10)21-15/h2-8,16,20H,19H2,1H3. The highest BCUT2D eigenvalue weighted by Gasteiger charge is 2.18. The molecule has 0 spiro atoms. The minimum atomic E-state index is -0.318. The summed E-state index contributed by atoms with van der Waals surface area (Å²) in [6.45, 7) is 1.91. The van der Waals surface area contributed by atoms with Gasteiger partial charge in [-0.15, -0.1) is 11.3 Å². The molecule has 0 aliphatic heterocycles. The molecule has 0 aliphatic carbocycles. The monoisotopic (exact) mass is 304 g/mol. The molecule has 0 saturated heterocycles. The maximum absolute atomic E-state index is 13.5. The molecule has 0 fully saturated rings. The van der Waals surface area contributed by atoms with Gasteiger partial charge in [0.25, 0.3) is 0 Å². The fraction of sp³-hybridized carbons (Fsp3) is 0.125. The van der Waals surface area contributed by atoms with Gasteiger partial charge in [-0.3, -0.25) is 5.84 Å². The Morgan fingerprint density at radius 1 is 1.05 bits per heavy atom. The number of hydrogen-bond donors (Lipinski definition) is 2. The van der Waals surface area contributed by atoms with Crippen LogP contribution in [0.1, 0.15) is 22.0 Å². The minimum absolute atomic E-state index is 0.268. The van der Waals surface area contributed by atoms with E-state index in [1.807, 2.05) is 13.0 Å². The maximum atomic E-state index is 13.5. The lowest BCUT2D eigenvalue weighted by atomic mass is 10.00. The normalized spacial score (nSPS) is 12.8. The van der Waals surface area contributed by atoms with Gasteiger partial charge in [-0.2, -0.15) is 0 Å². The van der Waals surface area contributed by atoms with Gasteiger partial charge in [0.2, 0.25) is 0 Å². The summed E-state index contributed by atoms with van der Waals surface area (Å²) in [5.41, 5.74) is 4.46. The van der Waals surface area contributed by atoms with E-state index in [4.69, 9.17) is 5.84 Å². The molecule has 2 aromatic carbocycles. The number of nitrogens with one attached hydrogen (secondary N) is 1. The van der Waals surface area contributed by atoms with E-state index in [-0.39, 0.29) is 17.7 Å². The highest BCUT2D eigenvalue weighted by atomic mass is 32.1. The van der Waals surface area contributed by atoms with Crippen molar-refractivity contribution >= 4 is 21.4 Å². The van der Waals surface area contributed by atoms with Crippen molar-refractivity contribution in [1.29, 1.82) is 0 Å². The van der Waals surface area contributed by atoms with Crippen LogP contribution in [0, 0.1) is 18.6 Å². The first-order valence-corrected chi connectivity index (χ1v) is 7.31. The fourth-order valence-electron chi connectivity index (χ4n) is 2.42. The predicted molar refractivity (Wildman–Crippen MR) is 82.1 cm³/mol. The third kappa shape index (κ3) is 2.68. The Bertz CT molecular complexity index is 798. The molecule has 21 heavy (non-hydrogen) atoms. The summed E-state index contributed by atoms with van der Waals surface area (Å²) in [5, 5.41) is 0.950. The molecule has 2 nitrogen and oxygen atoms in total. The zero-order valence-electron chi connectivity index (χ0n) is 11.4. The number of halogens is 2. The predicted octanol–water partition coefficient (Wildman–Crippen LogP) is 4.04. The molecular formula is C16H14F2N2S. The Morgan fingerprint density at radius 3 is 2.52 bits per heavy atom. The summed E-state index contributed by atoms with van der Waals surface area (Å²) in [6, 6.07) is 10.9. The average Bonchev–Trinajstić information content (AvgIpc) is 2.86. The van der Waals surface area contributed by atoms with E-state index in [0.29, 0.717) is 0 Å². The summed E-state index contributed by atoms with van der Waals surface area (Å²) in [4.78, 5) is 0.923. The zero-order chi connectivity index (χ0) is 15.0. The number of thiophene rings is 1. The van der Waals surface area contributed by atoms with Crippen molar-refractivity contribution in [2.24, 2.45) is 5.84 Å². The van der Waals surface area contributed by atoms with Crippen molar-refractivity contribution in [2.75, 3.05) is 0 Å². The van der Waals surface area contributed by atoms with Crippen LogP contribution >= 0.6 is 11.3 Å². The number of benzene rings is 2. The lowest BCUT2D eigenvalue weighted by Gasteiger charge is -2.17. The van der Waals surface area contributed by atoms with Gasteiger partial charge in [0, 0.05) is 9.58 Å². The van der Waals surface area contributed by atoms with Crippen molar-refractivity contribution in [3.8, 4) is 0 Å². The van der Waals surface area contributed by atoms with Crippen LogP contribution in [0.15, 0.2) is 42.5 Å². The van der Waals surface area contributed by atoms with E-state index in [1.165, 1.54) is 35.6 Å². The second-order valence-corrected chi connectivity index (χ2v) is 6.05. The molecule has 0 bridgehead atoms. The molecular weight excluding hydrogens is 290 g/mol. The van der Waals surface area contributed by atoms with Crippen molar-refractivity contribution in [1.82, 2.24) is 5.43 Å². The SMILES string of the molecule is Cc1ccc(F)cc1C(NN)c1cc2ccc(F)cc2s1. The van der Waals surface area contributed by atoms with Crippen LogP contribution in [-0.4, -0.2) is 0 Å². The molecule has 1 heterocycles. The van der Waals surface area contributed by atoms with Gasteiger partial charge in [0.1, 0.15) is 11.6 Å². The van der Waals surface area contributed by atoms with Crippen LogP contribution in [0.5, 0.6) is 0 Å². The topological polar surface area (TPSA) is 38.0 Å². The van der Waals surface area contributed by atoms with Crippen LogP contribution in [-0.2, 0) is 0 Å². The molecule has 5 heteroatoms. The summed E-state index contributed by atoms with van der Waals surface area (Å²) in [7, 11) is 0. The summed E-state index contributed by atoms with van der Waals surface area (Å²) < 4.78 is 27.6.